The molecule has 1 unspecified atom stereocenters. The zero-order valence-corrected chi connectivity index (χ0v) is 17.2. The van der Waals surface area contributed by atoms with Gasteiger partial charge in [0, 0.05) is 12.1 Å². The van der Waals surface area contributed by atoms with Crippen LogP contribution >= 0.6 is 17.0 Å². The van der Waals surface area contributed by atoms with Crippen molar-refractivity contribution in [3.8, 4) is 11.1 Å². The molecular formula is C21H28BrNO2. The van der Waals surface area contributed by atoms with Gasteiger partial charge in [0.25, 0.3) is 0 Å². The summed E-state index contributed by atoms with van der Waals surface area (Å²) in [5.74, 6) is -1.21. The zero-order valence-electron chi connectivity index (χ0n) is 15.5. The number of aliphatic hydroxyl groups is 1. The second kappa shape index (κ2) is 7.58. The van der Waals surface area contributed by atoms with Gasteiger partial charge in [-0.15, -0.1) is 17.0 Å². The van der Waals surface area contributed by atoms with Crippen LogP contribution in [0.1, 0.15) is 31.9 Å². The van der Waals surface area contributed by atoms with E-state index in [1.807, 2.05) is 19.2 Å². The van der Waals surface area contributed by atoms with Gasteiger partial charge in [0.2, 0.25) is 5.79 Å². The second-order valence-corrected chi connectivity index (χ2v) is 7.78. The Hall–Kier alpha value is -1.20. The van der Waals surface area contributed by atoms with Crippen molar-refractivity contribution in [1.29, 1.82) is 0 Å². The van der Waals surface area contributed by atoms with Crippen LogP contribution in [0.25, 0.3) is 11.1 Å². The van der Waals surface area contributed by atoms with Gasteiger partial charge in [-0.3, -0.25) is 4.90 Å². The molecule has 1 heterocycles. The molecule has 2 aromatic rings. The number of likely N-dealkylation sites (N-methyl/N-ethyl adjacent to an activating group) is 1. The van der Waals surface area contributed by atoms with Gasteiger partial charge in [-0.05, 0) is 29.2 Å². The molecule has 136 valence electrons. The summed E-state index contributed by atoms with van der Waals surface area (Å²) in [5, 5.41) is 10.7. The van der Waals surface area contributed by atoms with E-state index in [9.17, 15) is 5.11 Å². The molecular weight excluding hydrogens is 378 g/mol. The Kier molecular flexibility index (Phi) is 6.10. The lowest BCUT2D eigenvalue weighted by atomic mass is 9.86. The van der Waals surface area contributed by atoms with Crippen molar-refractivity contribution in [3.05, 3.63) is 59.7 Å². The van der Waals surface area contributed by atoms with Crippen LogP contribution in [0.2, 0.25) is 0 Å². The highest BCUT2D eigenvalue weighted by Gasteiger charge is 2.34. The summed E-state index contributed by atoms with van der Waals surface area (Å²) in [6.45, 7) is 8.55. The normalized spacial score (nSPS) is 21.6. The van der Waals surface area contributed by atoms with Crippen molar-refractivity contribution in [3.63, 3.8) is 0 Å². The monoisotopic (exact) mass is 405 g/mol. The first kappa shape index (κ1) is 20.1. The first-order valence-electron chi connectivity index (χ1n) is 8.54. The van der Waals surface area contributed by atoms with Crippen molar-refractivity contribution >= 4 is 17.0 Å². The summed E-state index contributed by atoms with van der Waals surface area (Å²) in [6.07, 6.45) is 0. The average Bonchev–Trinajstić information content (AvgIpc) is 2.54. The van der Waals surface area contributed by atoms with Crippen molar-refractivity contribution in [2.75, 3.05) is 26.7 Å². The van der Waals surface area contributed by atoms with Gasteiger partial charge in [0.1, 0.15) is 0 Å². The van der Waals surface area contributed by atoms with Crippen LogP contribution in [-0.2, 0) is 15.9 Å². The molecule has 0 aromatic heterocycles. The fourth-order valence-corrected chi connectivity index (χ4v) is 3.12. The molecule has 3 nitrogen and oxygen atoms in total. The van der Waals surface area contributed by atoms with Gasteiger partial charge >= 0.3 is 0 Å². The number of rotatable bonds is 2. The molecule has 0 saturated carbocycles. The van der Waals surface area contributed by atoms with Crippen molar-refractivity contribution in [1.82, 2.24) is 4.90 Å². The minimum Gasteiger partial charge on any atom is -0.361 e. The van der Waals surface area contributed by atoms with E-state index in [0.717, 1.165) is 17.7 Å². The summed E-state index contributed by atoms with van der Waals surface area (Å²) < 4.78 is 5.63. The fraction of sp³-hybridized carbons (Fsp3) is 0.429. The molecule has 3 rings (SSSR count). The molecule has 1 fully saturated rings. The van der Waals surface area contributed by atoms with E-state index in [1.54, 1.807) is 0 Å². The quantitative estimate of drug-likeness (QED) is 0.806. The third-order valence-corrected chi connectivity index (χ3v) is 4.72. The van der Waals surface area contributed by atoms with Crippen LogP contribution < -0.4 is 0 Å². The average molecular weight is 406 g/mol. The van der Waals surface area contributed by atoms with Gasteiger partial charge in [-0.25, -0.2) is 0 Å². The number of halogens is 1. The molecule has 0 aliphatic carbocycles. The lowest BCUT2D eigenvalue weighted by Crippen LogP contribution is -2.48. The van der Waals surface area contributed by atoms with Crippen LogP contribution in [0.3, 0.4) is 0 Å². The van der Waals surface area contributed by atoms with E-state index in [1.165, 1.54) is 11.1 Å². The molecule has 2 aromatic carbocycles. The van der Waals surface area contributed by atoms with E-state index in [-0.39, 0.29) is 22.4 Å². The number of morpholine rings is 1. The Morgan fingerprint density at radius 3 is 1.96 bits per heavy atom. The van der Waals surface area contributed by atoms with Crippen molar-refractivity contribution in [2.24, 2.45) is 0 Å². The van der Waals surface area contributed by atoms with Gasteiger partial charge in [-0.2, -0.15) is 0 Å². The molecule has 1 aliphatic rings. The molecule has 1 atom stereocenters. The fourth-order valence-electron chi connectivity index (χ4n) is 3.12. The molecule has 4 heteroatoms. The highest BCUT2D eigenvalue weighted by molar-refractivity contribution is 8.93. The summed E-state index contributed by atoms with van der Waals surface area (Å²) in [5.41, 5.74) is 4.63. The van der Waals surface area contributed by atoms with Crippen molar-refractivity contribution < 1.29 is 9.84 Å². The van der Waals surface area contributed by atoms with Crippen LogP contribution in [0.5, 0.6) is 0 Å². The Morgan fingerprint density at radius 1 is 0.960 bits per heavy atom. The van der Waals surface area contributed by atoms with Crippen LogP contribution in [-0.4, -0.2) is 36.8 Å². The lowest BCUT2D eigenvalue weighted by molar-refractivity contribution is -0.245. The highest BCUT2D eigenvalue weighted by Crippen LogP contribution is 2.30. The Morgan fingerprint density at radius 2 is 1.48 bits per heavy atom. The van der Waals surface area contributed by atoms with E-state index < -0.39 is 5.79 Å². The maximum Gasteiger partial charge on any atom is 0.205 e. The topological polar surface area (TPSA) is 32.7 Å². The van der Waals surface area contributed by atoms with E-state index in [0.29, 0.717) is 13.2 Å². The molecule has 0 spiro atoms. The summed E-state index contributed by atoms with van der Waals surface area (Å²) in [6, 6.07) is 16.7. The van der Waals surface area contributed by atoms with Gasteiger partial charge < -0.3 is 9.84 Å². The SMILES string of the molecule is Br.CN1CCOC(O)(c2ccc(-c3ccc(C(C)(C)C)cc3)cc2)C1. The Bertz CT molecular complexity index is 691. The van der Waals surface area contributed by atoms with E-state index >= 15 is 0 Å². The molecule has 0 radical (unpaired) electrons. The lowest BCUT2D eigenvalue weighted by Gasteiger charge is -2.37. The van der Waals surface area contributed by atoms with E-state index in [4.69, 9.17) is 4.74 Å². The predicted octanol–water partition coefficient (Wildman–Crippen LogP) is 4.34. The third-order valence-electron chi connectivity index (χ3n) is 4.72. The maximum absolute atomic E-state index is 10.7. The third kappa shape index (κ3) is 4.50. The summed E-state index contributed by atoms with van der Waals surface area (Å²) in [7, 11) is 2.00. The van der Waals surface area contributed by atoms with E-state index in [2.05, 4.69) is 62.1 Å². The predicted molar refractivity (Wildman–Crippen MR) is 108 cm³/mol. The van der Waals surface area contributed by atoms with Crippen LogP contribution in [0.4, 0.5) is 0 Å². The minimum atomic E-state index is -1.21. The first-order valence-corrected chi connectivity index (χ1v) is 8.54. The highest BCUT2D eigenvalue weighted by atomic mass is 79.9. The molecule has 1 saturated heterocycles. The number of ether oxygens (including phenoxy) is 1. The number of nitrogens with zero attached hydrogens (tertiary/aromatic N) is 1. The van der Waals surface area contributed by atoms with Gasteiger partial charge in [0.05, 0.1) is 13.2 Å². The number of hydrogen-bond donors (Lipinski definition) is 1. The molecule has 0 bridgehead atoms. The smallest absolute Gasteiger partial charge is 0.205 e. The van der Waals surface area contributed by atoms with Gasteiger partial charge in [0.15, 0.2) is 0 Å². The van der Waals surface area contributed by atoms with Crippen LogP contribution in [0.15, 0.2) is 48.5 Å². The molecule has 0 amide bonds. The second-order valence-electron chi connectivity index (χ2n) is 7.78. The Balaban J connectivity index is 0.00000225. The summed E-state index contributed by atoms with van der Waals surface area (Å²) >= 11 is 0. The van der Waals surface area contributed by atoms with Crippen molar-refractivity contribution in [2.45, 2.75) is 32.0 Å². The number of β-amino-alcohol motifs (C(OH)–C–C–N with tert-alkyl or cyclic N) is 1. The molecule has 1 N–H and O–H groups in total. The summed E-state index contributed by atoms with van der Waals surface area (Å²) in [4.78, 5) is 2.09. The zero-order chi connectivity index (χ0) is 17.4. The molecule has 25 heavy (non-hydrogen) atoms. The first-order chi connectivity index (χ1) is 11.3. The molecule has 1 aliphatic heterocycles. The minimum absolute atomic E-state index is 0. The number of hydrogen-bond acceptors (Lipinski definition) is 3. The maximum atomic E-state index is 10.7. The van der Waals surface area contributed by atoms with Gasteiger partial charge in [-0.1, -0.05) is 69.3 Å². The van der Waals surface area contributed by atoms with Crippen LogP contribution in [0, 0.1) is 0 Å². The Labute approximate surface area is 161 Å². The largest absolute Gasteiger partial charge is 0.361 e. The number of benzene rings is 2. The standard InChI is InChI=1S/C21H27NO2.BrH/c1-20(2,3)18-9-5-16(6-10-18)17-7-11-19(12-8-17)21(23)15-22(4)13-14-24-21;/h5-12,23H,13-15H2,1-4H3;1H.